The Bertz CT molecular complexity index is 489. The molecule has 0 unspecified atom stereocenters. The molecule has 3 rings (SSSR count). The Morgan fingerprint density at radius 1 is 1.28 bits per heavy atom. The second kappa shape index (κ2) is 5.16. The van der Waals surface area contributed by atoms with Gasteiger partial charge in [-0.25, -0.2) is 4.39 Å². The lowest BCUT2D eigenvalue weighted by atomic mass is 9.76. The van der Waals surface area contributed by atoms with Crippen LogP contribution in [0, 0.1) is 5.82 Å². The summed E-state index contributed by atoms with van der Waals surface area (Å²) in [5.74, 6) is 0.433. The molecule has 4 heteroatoms. The molecular formula is C14H15FN2S. The van der Waals surface area contributed by atoms with Crippen LogP contribution in [0.25, 0.3) is 0 Å². The van der Waals surface area contributed by atoms with E-state index in [-0.39, 0.29) is 5.82 Å². The molecule has 94 valence electrons. The predicted molar refractivity (Wildman–Crippen MR) is 71.1 cm³/mol. The molecule has 0 atom stereocenters. The number of benzene rings is 1. The van der Waals surface area contributed by atoms with Crippen molar-refractivity contribution in [1.29, 1.82) is 0 Å². The zero-order valence-corrected chi connectivity index (χ0v) is 10.8. The Morgan fingerprint density at radius 3 is 2.72 bits per heavy atom. The highest BCUT2D eigenvalue weighted by molar-refractivity contribution is 7.09. The van der Waals surface area contributed by atoms with E-state index in [2.05, 4.69) is 10.3 Å². The van der Waals surface area contributed by atoms with E-state index < -0.39 is 0 Å². The third-order valence-corrected chi connectivity index (χ3v) is 4.31. The van der Waals surface area contributed by atoms with E-state index in [1.54, 1.807) is 23.5 Å². The van der Waals surface area contributed by atoms with E-state index in [0.717, 1.165) is 19.4 Å². The van der Waals surface area contributed by atoms with E-state index in [0.29, 0.717) is 12.0 Å². The molecule has 1 N–H and O–H groups in total. The van der Waals surface area contributed by atoms with E-state index >= 15 is 0 Å². The highest BCUT2D eigenvalue weighted by Gasteiger charge is 2.29. The minimum absolute atomic E-state index is 0.155. The molecule has 0 amide bonds. The first-order chi connectivity index (χ1) is 8.81. The Labute approximate surface area is 110 Å². The molecule has 0 radical (unpaired) electrons. The number of aromatic nitrogens is 1. The van der Waals surface area contributed by atoms with Crippen molar-refractivity contribution < 1.29 is 4.39 Å². The molecule has 1 fully saturated rings. The fraction of sp³-hybridized carbons (Fsp3) is 0.357. The Hall–Kier alpha value is -1.26. The average Bonchev–Trinajstić information content (AvgIpc) is 2.82. The minimum atomic E-state index is -0.155. The van der Waals surface area contributed by atoms with Crippen LogP contribution in [-0.2, 0) is 6.54 Å². The van der Waals surface area contributed by atoms with Gasteiger partial charge in [0.25, 0.3) is 0 Å². The lowest BCUT2D eigenvalue weighted by Gasteiger charge is -2.36. The third kappa shape index (κ3) is 2.60. The topological polar surface area (TPSA) is 24.9 Å². The second-order valence-corrected chi connectivity index (χ2v) is 5.74. The number of hydrogen-bond donors (Lipinski definition) is 1. The SMILES string of the molecule is Fc1ccc(C2CC(NCc3cncs3)C2)cc1. The molecule has 0 spiro atoms. The van der Waals surface area contributed by atoms with Crippen LogP contribution in [0.1, 0.15) is 29.2 Å². The molecule has 2 nitrogen and oxygen atoms in total. The van der Waals surface area contributed by atoms with Crippen LogP contribution in [-0.4, -0.2) is 11.0 Å². The van der Waals surface area contributed by atoms with Crippen LogP contribution in [0.5, 0.6) is 0 Å². The third-order valence-electron chi connectivity index (χ3n) is 3.53. The largest absolute Gasteiger partial charge is 0.309 e. The highest BCUT2D eigenvalue weighted by Crippen LogP contribution is 2.36. The van der Waals surface area contributed by atoms with E-state index in [9.17, 15) is 4.39 Å². The maximum Gasteiger partial charge on any atom is 0.123 e. The summed E-state index contributed by atoms with van der Waals surface area (Å²) < 4.78 is 12.8. The summed E-state index contributed by atoms with van der Waals surface area (Å²) >= 11 is 1.68. The highest BCUT2D eigenvalue weighted by atomic mass is 32.1. The van der Waals surface area contributed by atoms with Crippen molar-refractivity contribution in [2.75, 3.05) is 0 Å². The number of nitrogens with zero attached hydrogens (tertiary/aromatic N) is 1. The maximum absolute atomic E-state index is 12.8. The summed E-state index contributed by atoms with van der Waals surface area (Å²) in [6.45, 7) is 0.908. The van der Waals surface area contributed by atoms with Crippen molar-refractivity contribution in [1.82, 2.24) is 10.3 Å². The molecule has 1 aromatic carbocycles. The van der Waals surface area contributed by atoms with Crippen LogP contribution in [0.2, 0.25) is 0 Å². The van der Waals surface area contributed by atoms with Crippen LogP contribution >= 0.6 is 11.3 Å². The molecule has 1 aromatic heterocycles. The molecule has 1 saturated carbocycles. The number of rotatable bonds is 4. The molecule has 18 heavy (non-hydrogen) atoms. The molecule has 1 aliphatic rings. The van der Waals surface area contributed by atoms with Gasteiger partial charge in [-0.15, -0.1) is 11.3 Å². The summed E-state index contributed by atoms with van der Waals surface area (Å²) in [5.41, 5.74) is 3.12. The zero-order chi connectivity index (χ0) is 12.4. The van der Waals surface area contributed by atoms with Crippen molar-refractivity contribution in [2.24, 2.45) is 0 Å². The predicted octanol–water partition coefficient (Wildman–Crippen LogP) is 3.32. The number of thiazole rings is 1. The van der Waals surface area contributed by atoms with Crippen molar-refractivity contribution in [3.05, 3.63) is 52.2 Å². The van der Waals surface area contributed by atoms with Crippen molar-refractivity contribution >= 4 is 11.3 Å². The Balaban J connectivity index is 1.47. The average molecular weight is 262 g/mol. The minimum Gasteiger partial charge on any atom is -0.309 e. The van der Waals surface area contributed by atoms with Crippen LogP contribution in [0.15, 0.2) is 36.0 Å². The van der Waals surface area contributed by atoms with E-state index in [1.165, 1.54) is 10.4 Å². The first-order valence-corrected chi connectivity index (χ1v) is 7.05. The zero-order valence-electron chi connectivity index (χ0n) is 9.97. The quantitative estimate of drug-likeness (QED) is 0.914. The van der Waals surface area contributed by atoms with Gasteiger partial charge in [0.2, 0.25) is 0 Å². The lowest BCUT2D eigenvalue weighted by molar-refractivity contribution is 0.290. The van der Waals surface area contributed by atoms with Crippen LogP contribution in [0.4, 0.5) is 4.39 Å². The number of nitrogens with one attached hydrogen (secondary N) is 1. The van der Waals surface area contributed by atoms with E-state index in [1.807, 2.05) is 23.8 Å². The van der Waals surface area contributed by atoms with Crippen molar-refractivity contribution in [3.63, 3.8) is 0 Å². The van der Waals surface area contributed by atoms with E-state index in [4.69, 9.17) is 0 Å². The fourth-order valence-corrected chi connectivity index (χ4v) is 2.91. The Kier molecular flexibility index (Phi) is 3.39. The molecule has 0 bridgehead atoms. The first kappa shape index (κ1) is 11.8. The molecule has 1 heterocycles. The summed E-state index contributed by atoms with van der Waals surface area (Å²) in [7, 11) is 0. The van der Waals surface area contributed by atoms with Gasteiger partial charge < -0.3 is 5.32 Å². The fourth-order valence-electron chi connectivity index (χ4n) is 2.37. The normalized spacial score (nSPS) is 22.7. The van der Waals surface area contributed by atoms with Gasteiger partial charge in [0.1, 0.15) is 5.82 Å². The second-order valence-electron chi connectivity index (χ2n) is 4.77. The monoisotopic (exact) mass is 262 g/mol. The summed E-state index contributed by atoms with van der Waals surface area (Å²) in [6.07, 6.45) is 4.20. The number of hydrogen-bond acceptors (Lipinski definition) is 3. The standard InChI is InChI=1S/C14H15FN2S/c15-12-3-1-10(2-4-12)11-5-13(6-11)17-8-14-7-16-9-18-14/h1-4,7,9,11,13,17H,5-6,8H2. The molecule has 2 aromatic rings. The van der Waals surface area contributed by atoms with Crippen LogP contribution in [0.3, 0.4) is 0 Å². The summed E-state index contributed by atoms with van der Waals surface area (Å²) in [6, 6.07) is 7.49. The summed E-state index contributed by atoms with van der Waals surface area (Å²) in [5, 5.41) is 3.53. The molecule has 1 aliphatic carbocycles. The van der Waals surface area contributed by atoms with Crippen LogP contribution < -0.4 is 5.32 Å². The molecular weight excluding hydrogens is 247 g/mol. The molecule has 0 aliphatic heterocycles. The lowest BCUT2D eigenvalue weighted by Crippen LogP contribution is -2.39. The summed E-state index contributed by atoms with van der Waals surface area (Å²) in [4.78, 5) is 5.34. The van der Waals surface area contributed by atoms with Crippen molar-refractivity contribution in [3.8, 4) is 0 Å². The van der Waals surface area contributed by atoms with Gasteiger partial charge in [0, 0.05) is 23.7 Å². The first-order valence-electron chi connectivity index (χ1n) is 6.17. The van der Waals surface area contributed by atoms with Gasteiger partial charge in [-0.1, -0.05) is 12.1 Å². The molecule has 0 saturated heterocycles. The number of halogens is 1. The van der Waals surface area contributed by atoms with Crippen molar-refractivity contribution in [2.45, 2.75) is 31.3 Å². The van der Waals surface area contributed by atoms with Gasteiger partial charge in [-0.2, -0.15) is 0 Å². The van der Waals surface area contributed by atoms with Gasteiger partial charge in [0.15, 0.2) is 0 Å². The van der Waals surface area contributed by atoms with Gasteiger partial charge in [-0.3, -0.25) is 4.98 Å². The smallest absolute Gasteiger partial charge is 0.123 e. The Morgan fingerprint density at radius 2 is 2.06 bits per heavy atom. The van der Waals surface area contributed by atoms with Gasteiger partial charge in [0.05, 0.1) is 5.51 Å². The van der Waals surface area contributed by atoms with Gasteiger partial charge >= 0.3 is 0 Å². The van der Waals surface area contributed by atoms with Gasteiger partial charge in [-0.05, 0) is 36.5 Å². The maximum atomic E-state index is 12.8.